The number of carboxylic acid groups (broad SMARTS) is 1. The molecule has 0 saturated carbocycles. The van der Waals surface area contributed by atoms with Crippen LogP contribution < -0.4 is 0 Å². The Balaban J connectivity index is 1.54. The molecule has 33 heavy (non-hydrogen) atoms. The molecule has 0 aliphatic carbocycles. The number of aliphatic imine (C=N–C) groups is 1. The fourth-order valence-corrected chi connectivity index (χ4v) is 6.71. The molecule has 2 saturated heterocycles. The van der Waals surface area contributed by atoms with Gasteiger partial charge in [-0.3, -0.25) is 14.6 Å². The molecule has 0 radical (unpaired) electrons. The summed E-state index contributed by atoms with van der Waals surface area (Å²) < 4.78 is 29.4. The van der Waals surface area contributed by atoms with Crippen molar-refractivity contribution < 1.29 is 42.9 Å². The van der Waals surface area contributed by atoms with Crippen LogP contribution in [0.25, 0.3) is 5.76 Å². The van der Waals surface area contributed by atoms with Crippen LogP contribution in [0.4, 0.5) is 0 Å². The lowest BCUT2D eigenvalue weighted by atomic mass is 9.97. The summed E-state index contributed by atoms with van der Waals surface area (Å²) >= 11 is 0. The van der Waals surface area contributed by atoms with E-state index in [1.165, 1.54) is 31.2 Å². The van der Waals surface area contributed by atoms with Gasteiger partial charge in [0.1, 0.15) is 22.0 Å². The quantitative estimate of drug-likeness (QED) is 0.296. The molecule has 1 aromatic carbocycles. The topological polar surface area (TPSA) is 171 Å². The van der Waals surface area contributed by atoms with Crippen LogP contribution in [0.1, 0.15) is 25.8 Å². The number of sulfone groups is 1. The average Bonchev–Trinajstić information content (AvgIpc) is 3.17. The number of phenolic OH excluding ortho intramolecular Hbond substituents is 2. The number of Topliss-reactive ketones (excluding diaryl/α,β-unsaturated/α-hetero) is 1. The predicted octanol–water partition coefficient (Wildman–Crippen LogP) is 0.312. The number of β-lactam (4-membered cyclic amide) rings is 1. The highest BCUT2D eigenvalue weighted by Crippen LogP contribution is 2.45. The first kappa shape index (κ1) is 22.8. The maximum atomic E-state index is 12.9. The molecule has 5 atom stereocenters. The van der Waals surface area contributed by atoms with E-state index in [2.05, 4.69) is 4.99 Å². The van der Waals surface area contributed by atoms with Crippen LogP contribution in [-0.4, -0.2) is 81.3 Å². The van der Waals surface area contributed by atoms with Gasteiger partial charge in [0.15, 0.2) is 33.2 Å². The molecule has 2 fully saturated rings. The van der Waals surface area contributed by atoms with E-state index in [1.807, 2.05) is 0 Å². The normalized spacial score (nSPS) is 32.2. The van der Waals surface area contributed by atoms with Crippen molar-refractivity contribution in [1.82, 2.24) is 4.90 Å². The Morgan fingerprint density at radius 2 is 2.03 bits per heavy atom. The highest BCUT2D eigenvalue weighted by molar-refractivity contribution is 7.94. The minimum Gasteiger partial charge on any atom is -0.504 e. The lowest BCUT2D eigenvalue weighted by Gasteiger charge is -2.35. The third kappa shape index (κ3) is 3.27. The number of ether oxygens (including phenoxy) is 1. The molecular formula is C21H22N2O9S. The highest BCUT2D eigenvalue weighted by Gasteiger charge is 2.69. The van der Waals surface area contributed by atoms with Gasteiger partial charge in [-0.25, -0.2) is 13.2 Å². The van der Waals surface area contributed by atoms with Gasteiger partial charge in [-0.15, -0.1) is 0 Å². The number of aliphatic carboxylic acids is 1. The maximum Gasteiger partial charge on any atom is 0.328 e. The number of amides is 1. The Morgan fingerprint density at radius 3 is 2.67 bits per heavy atom. The number of carbonyl (C=O) groups is 3. The largest absolute Gasteiger partial charge is 0.504 e. The van der Waals surface area contributed by atoms with Crippen molar-refractivity contribution in [1.29, 1.82) is 0 Å². The van der Waals surface area contributed by atoms with Crippen molar-refractivity contribution in [2.45, 2.75) is 42.5 Å². The second kappa shape index (κ2) is 7.58. The molecule has 3 heterocycles. The Bertz CT molecular complexity index is 1220. The molecule has 4 rings (SSSR count). The summed E-state index contributed by atoms with van der Waals surface area (Å²) in [6.45, 7) is 2.38. The van der Waals surface area contributed by atoms with Crippen LogP contribution >= 0.6 is 0 Å². The third-order valence-electron chi connectivity index (χ3n) is 6.37. The number of hydrogen-bond donors (Lipinski definition) is 3. The highest BCUT2D eigenvalue weighted by atomic mass is 32.2. The Kier molecular flexibility index (Phi) is 5.23. The van der Waals surface area contributed by atoms with E-state index in [1.54, 1.807) is 6.92 Å². The number of para-hydroxylation sites is 1. The lowest BCUT2D eigenvalue weighted by molar-refractivity contribution is -0.156. The zero-order chi connectivity index (χ0) is 24.3. The van der Waals surface area contributed by atoms with Gasteiger partial charge in [-0.2, -0.15) is 0 Å². The lowest BCUT2D eigenvalue weighted by Crippen LogP contribution is -2.57. The van der Waals surface area contributed by atoms with Crippen LogP contribution in [0.3, 0.4) is 0 Å². The molecule has 1 amide bonds. The van der Waals surface area contributed by atoms with E-state index in [0.29, 0.717) is 0 Å². The second-order valence-corrected chi connectivity index (χ2v) is 10.9. The van der Waals surface area contributed by atoms with E-state index >= 15 is 0 Å². The number of benzene rings is 1. The molecule has 11 nitrogen and oxygen atoms in total. The Morgan fingerprint density at radius 1 is 1.33 bits per heavy atom. The molecule has 0 bridgehead atoms. The number of nitrogens with zero attached hydrogens (tertiary/aromatic N) is 2. The van der Waals surface area contributed by atoms with E-state index in [0.717, 1.165) is 11.1 Å². The smallest absolute Gasteiger partial charge is 0.328 e. The summed E-state index contributed by atoms with van der Waals surface area (Å²) in [7, 11) is -4.06. The summed E-state index contributed by atoms with van der Waals surface area (Å²) in [4.78, 5) is 41.1. The number of fused-ring (bicyclic) bond motifs is 1. The van der Waals surface area contributed by atoms with Gasteiger partial charge in [0, 0.05) is 6.21 Å². The molecule has 1 aromatic rings. The van der Waals surface area contributed by atoms with Gasteiger partial charge in [-0.1, -0.05) is 6.07 Å². The molecule has 12 heteroatoms. The van der Waals surface area contributed by atoms with Gasteiger partial charge in [0.05, 0.1) is 24.4 Å². The Hall–Kier alpha value is -3.41. The van der Waals surface area contributed by atoms with Gasteiger partial charge in [0.2, 0.25) is 5.91 Å². The van der Waals surface area contributed by atoms with Crippen molar-refractivity contribution in [3.63, 3.8) is 0 Å². The van der Waals surface area contributed by atoms with Crippen LogP contribution in [-0.2, 0) is 29.0 Å². The fraction of sp³-hybridized carbons (Fsp3) is 0.429. The van der Waals surface area contributed by atoms with Gasteiger partial charge in [-0.05, 0) is 32.1 Å². The van der Waals surface area contributed by atoms with E-state index in [9.17, 15) is 38.1 Å². The molecular weight excluding hydrogens is 456 g/mol. The Labute approximate surface area is 188 Å². The van der Waals surface area contributed by atoms with Crippen molar-refractivity contribution in [3.05, 3.63) is 29.8 Å². The van der Waals surface area contributed by atoms with E-state index in [-0.39, 0.29) is 29.2 Å². The average molecular weight is 478 g/mol. The summed E-state index contributed by atoms with van der Waals surface area (Å²) in [5.41, 5.74) is 0.212. The molecule has 176 valence electrons. The van der Waals surface area contributed by atoms with Crippen LogP contribution in [0, 0.1) is 5.92 Å². The molecule has 3 N–H and O–H groups in total. The van der Waals surface area contributed by atoms with Crippen molar-refractivity contribution >= 4 is 39.5 Å². The number of phenols is 2. The molecule has 0 aromatic heterocycles. The minimum absolute atomic E-state index is 0.206. The molecule has 0 unspecified atom stereocenters. The van der Waals surface area contributed by atoms with Crippen molar-refractivity contribution in [3.8, 4) is 11.5 Å². The second-order valence-electron chi connectivity index (χ2n) is 8.42. The third-order valence-corrected chi connectivity index (χ3v) is 9.03. The van der Waals surface area contributed by atoms with E-state index < -0.39 is 62.2 Å². The standard InChI is InChI=1S/C21H22N2O9S/c1-10-12(6-15(32-10)11-4-3-5-13(24)18(11)27)14(25)8-22-9-21(2)19(20(28)29)23-16(26)7-17(23)33(21,30)31/h3-6,9-10,12,17,19,24,27H,7-8H2,1-2H3,(H,28,29)/t10-,12+,17-,19+,21+/m1/s1. The first-order valence-corrected chi connectivity index (χ1v) is 11.7. The maximum absolute atomic E-state index is 12.9. The van der Waals surface area contributed by atoms with E-state index in [4.69, 9.17) is 4.74 Å². The number of carboxylic acids is 1. The number of hydrogen-bond acceptors (Lipinski definition) is 9. The van der Waals surface area contributed by atoms with Crippen molar-refractivity contribution in [2.24, 2.45) is 10.9 Å². The summed E-state index contributed by atoms with van der Waals surface area (Å²) in [5, 5.41) is 28.1. The zero-order valence-electron chi connectivity index (χ0n) is 17.7. The van der Waals surface area contributed by atoms with Crippen LogP contribution in [0.15, 0.2) is 29.3 Å². The summed E-state index contributed by atoms with van der Waals surface area (Å²) in [5.74, 6) is -3.73. The number of rotatable bonds is 6. The predicted molar refractivity (Wildman–Crippen MR) is 114 cm³/mol. The van der Waals surface area contributed by atoms with Gasteiger partial charge < -0.3 is 25.0 Å². The minimum atomic E-state index is -4.06. The summed E-state index contributed by atoms with van der Waals surface area (Å²) in [6, 6.07) is 2.70. The zero-order valence-corrected chi connectivity index (χ0v) is 18.5. The first-order valence-electron chi connectivity index (χ1n) is 10.1. The molecule has 0 spiro atoms. The molecule has 3 aliphatic rings. The SMILES string of the molecule is C[C@H]1OC(c2cccc(O)c2O)=C[C@@H]1C(=O)CN=C[C@@]1(C)[C@H](C(=O)O)N2C(=O)C[C@H]2S1(=O)=O. The van der Waals surface area contributed by atoms with Crippen LogP contribution in [0.2, 0.25) is 0 Å². The van der Waals surface area contributed by atoms with Crippen LogP contribution in [0.5, 0.6) is 11.5 Å². The number of aromatic hydroxyl groups is 2. The number of carbonyl (C=O) groups excluding carboxylic acids is 2. The first-order chi connectivity index (χ1) is 15.4. The molecule has 3 aliphatic heterocycles. The van der Waals surface area contributed by atoms with Gasteiger partial charge >= 0.3 is 5.97 Å². The van der Waals surface area contributed by atoms with Crippen molar-refractivity contribution in [2.75, 3.05) is 6.54 Å². The summed E-state index contributed by atoms with van der Waals surface area (Å²) in [6.07, 6.45) is 1.54. The number of ketones is 1. The monoisotopic (exact) mass is 478 g/mol. The fourth-order valence-electron chi connectivity index (χ4n) is 4.48. The van der Waals surface area contributed by atoms with Gasteiger partial charge in [0.25, 0.3) is 0 Å².